The quantitative estimate of drug-likeness (QED) is 0.875. The van der Waals surface area contributed by atoms with Crippen LogP contribution in [0.3, 0.4) is 0 Å². The lowest BCUT2D eigenvalue weighted by atomic mass is 9.91. The molecular formula is C15H18FNOS. The Balaban J connectivity index is 1.95. The number of aromatic hydroxyl groups is 1. The maximum atomic E-state index is 13.1. The molecule has 2 N–H and O–H groups in total. The molecule has 0 spiro atoms. The molecule has 0 aliphatic carbocycles. The Labute approximate surface area is 116 Å². The minimum absolute atomic E-state index is 0.0249. The van der Waals surface area contributed by atoms with Gasteiger partial charge in [-0.15, -0.1) is 11.3 Å². The van der Waals surface area contributed by atoms with Gasteiger partial charge in [-0.3, -0.25) is 0 Å². The summed E-state index contributed by atoms with van der Waals surface area (Å²) in [4.78, 5) is 1.31. The second-order valence-corrected chi connectivity index (χ2v) is 6.19. The van der Waals surface area contributed by atoms with E-state index in [-0.39, 0.29) is 17.0 Å². The molecule has 0 aliphatic heterocycles. The van der Waals surface area contributed by atoms with E-state index in [2.05, 4.69) is 30.6 Å². The fraction of sp³-hybridized carbons (Fsp3) is 0.333. The Morgan fingerprint density at radius 1 is 1.32 bits per heavy atom. The second-order valence-electron chi connectivity index (χ2n) is 5.24. The molecule has 4 heteroatoms. The molecule has 0 amide bonds. The molecule has 2 rings (SSSR count). The predicted molar refractivity (Wildman–Crippen MR) is 77.1 cm³/mol. The first-order valence-electron chi connectivity index (χ1n) is 6.21. The molecule has 1 aromatic heterocycles. The van der Waals surface area contributed by atoms with Crippen molar-refractivity contribution in [2.24, 2.45) is 0 Å². The van der Waals surface area contributed by atoms with E-state index < -0.39 is 0 Å². The molecule has 0 fully saturated rings. The summed E-state index contributed by atoms with van der Waals surface area (Å²) in [5.74, 6) is -0.199. The fourth-order valence-corrected chi connectivity index (χ4v) is 2.81. The second kappa shape index (κ2) is 5.72. The number of rotatable bonds is 5. The molecule has 0 saturated heterocycles. The smallest absolute Gasteiger partial charge is 0.123 e. The zero-order valence-corrected chi connectivity index (χ0v) is 11.9. The molecule has 0 aliphatic rings. The lowest BCUT2D eigenvalue weighted by Gasteiger charge is -2.24. The number of benzene rings is 1. The van der Waals surface area contributed by atoms with Crippen molar-refractivity contribution in [3.05, 3.63) is 52.0 Å². The van der Waals surface area contributed by atoms with Gasteiger partial charge in [0.1, 0.15) is 11.6 Å². The van der Waals surface area contributed by atoms with E-state index >= 15 is 0 Å². The van der Waals surface area contributed by atoms with Crippen molar-refractivity contribution in [3.63, 3.8) is 0 Å². The van der Waals surface area contributed by atoms with Crippen molar-refractivity contribution >= 4 is 11.3 Å². The molecular weight excluding hydrogens is 261 g/mol. The van der Waals surface area contributed by atoms with Gasteiger partial charge in [0.15, 0.2) is 0 Å². The third-order valence-corrected chi connectivity index (χ3v) is 4.35. The average molecular weight is 279 g/mol. The topological polar surface area (TPSA) is 32.3 Å². The van der Waals surface area contributed by atoms with E-state index in [9.17, 15) is 9.50 Å². The zero-order valence-electron chi connectivity index (χ0n) is 11.1. The SMILES string of the molecule is CC(C)(CNCc1cc(F)ccc1O)c1cccs1. The van der Waals surface area contributed by atoms with Crippen LogP contribution in [-0.4, -0.2) is 11.7 Å². The van der Waals surface area contributed by atoms with E-state index in [1.54, 1.807) is 11.3 Å². The number of thiophene rings is 1. The molecule has 0 saturated carbocycles. The first-order chi connectivity index (χ1) is 8.99. The molecule has 0 bridgehead atoms. The third kappa shape index (κ3) is 3.55. The Morgan fingerprint density at radius 2 is 2.11 bits per heavy atom. The highest BCUT2D eigenvalue weighted by Gasteiger charge is 2.21. The Kier molecular flexibility index (Phi) is 4.22. The summed E-state index contributed by atoms with van der Waals surface area (Å²) in [5, 5.41) is 15.0. The Bertz CT molecular complexity index is 537. The van der Waals surface area contributed by atoms with E-state index in [0.717, 1.165) is 6.54 Å². The summed E-state index contributed by atoms with van der Waals surface area (Å²) in [5.41, 5.74) is 0.610. The number of phenolic OH excluding ortho intramolecular Hbond substituents is 1. The monoisotopic (exact) mass is 279 g/mol. The van der Waals surface area contributed by atoms with Crippen molar-refractivity contribution in [2.45, 2.75) is 25.8 Å². The molecule has 2 nitrogen and oxygen atoms in total. The van der Waals surface area contributed by atoms with Crippen molar-refractivity contribution in [2.75, 3.05) is 6.54 Å². The van der Waals surface area contributed by atoms with Gasteiger partial charge in [-0.2, -0.15) is 0 Å². The maximum absolute atomic E-state index is 13.1. The summed E-state index contributed by atoms with van der Waals surface area (Å²) >= 11 is 1.73. The molecule has 1 aromatic carbocycles. The molecule has 102 valence electrons. The lowest BCUT2D eigenvalue weighted by Crippen LogP contribution is -2.31. The summed E-state index contributed by atoms with van der Waals surface area (Å²) in [7, 11) is 0. The average Bonchev–Trinajstić information content (AvgIpc) is 2.88. The lowest BCUT2D eigenvalue weighted by molar-refractivity contribution is 0.447. The molecule has 0 atom stereocenters. The van der Waals surface area contributed by atoms with Crippen LogP contribution in [0.2, 0.25) is 0 Å². The van der Waals surface area contributed by atoms with Gasteiger partial charge in [-0.25, -0.2) is 4.39 Å². The first-order valence-corrected chi connectivity index (χ1v) is 7.09. The number of phenols is 1. The van der Waals surface area contributed by atoms with Crippen LogP contribution in [0, 0.1) is 5.82 Å². The molecule has 1 heterocycles. The van der Waals surface area contributed by atoms with Crippen LogP contribution >= 0.6 is 11.3 Å². The minimum Gasteiger partial charge on any atom is -0.508 e. The van der Waals surface area contributed by atoms with Gasteiger partial charge in [0, 0.05) is 28.9 Å². The van der Waals surface area contributed by atoms with Crippen LogP contribution in [0.25, 0.3) is 0 Å². The van der Waals surface area contributed by atoms with Crippen LogP contribution in [0.1, 0.15) is 24.3 Å². The summed E-state index contributed by atoms with van der Waals surface area (Å²) in [6.07, 6.45) is 0. The van der Waals surface area contributed by atoms with Crippen LogP contribution in [0.5, 0.6) is 5.75 Å². The van der Waals surface area contributed by atoms with Crippen LogP contribution in [0.15, 0.2) is 35.7 Å². The van der Waals surface area contributed by atoms with Gasteiger partial charge in [0.25, 0.3) is 0 Å². The van der Waals surface area contributed by atoms with Crippen LogP contribution in [0.4, 0.5) is 4.39 Å². The van der Waals surface area contributed by atoms with E-state index in [1.807, 2.05) is 6.07 Å². The number of halogens is 1. The highest BCUT2D eigenvalue weighted by atomic mass is 32.1. The van der Waals surface area contributed by atoms with E-state index in [1.165, 1.54) is 23.1 Å². The summed E-state index contributed by atoms with van der Waals surface area (Å²) in [6.45, 7) is 5.55. The van der Waals surface area contributed by atoms with Crippen molar-refractivity contribution < 1.29 is 9.50 Å². The zero-order chi connectivity index (χ0) is 13.9. The standard InChI is InChI=1S/C15H18FNOS/c1-15(2,14-4-3-7-19-14)10-17-9-11-8-12(16)5-6-13(11)18/h3-8,17-18H,9-10H2,1-2H3. The molecule has 2 aromatic rings. The number of hydrogen-bond donors (Lipinski definition) is 2. The summed E-state index contributed by atoms with van der Waals surface area (Å²) in [6, 6.07) is 8.16. The fourth-order valence-electron chi connectivity index (χ4n) is 1.96. The van der Waals surface area contributed by atoms with Gasteiger partial charge < -0.3 is 10.4 Å². The normalized spacial score (nSPS) is 11.7. The van der Waals surface area contributed by atoms with Gasteiger partial charge in [-0.1, -0.05) is 19.9 Å². The largest absolute Gasteiger partial charge is 0.508 e. The van der Waals surface area contributed by atoms with E-state index in [0.29, 0.717) is 12.1 Å². The third-order valence-electron chi connectivity index (χ3n) is 3.11. The minimum atomic E-state index is -0.327. The molecule has 0 radical (unpaired) electrons. The van der Waals surface area contributed by atoms with Gasteiger partial charge in [0.05, 0.1) is 0 Å². The van der Waals surface area contributed by atoms with Gasteiger partial charge >= 0.3 is 0 Å². The highest BCUT2D eigenvalue weighted by Crippen LogP contribution is 2.27. The van der Waals surface area contributed by atoms with Crippen molar-refractivity contribution in [1.29, 1.82) is 0 Å². The van der Waals surface area contributed by atoms with E-state index in [4.69, 9.17) is 0 Å². The maximum Gasteiger partial charge on any atom is 0.123 e. The first kappa shape index (κ1) is 14.0. The predicted octanol–water partition coefficient (Wildman–Crippen LogP) is 3.66. The number of nitrogens with one attached hydrogen (secondary N) is 1. The summed E-state index contributed by atoms with van der Waals surface area (Å²) < 4.78 is 13.1. The Morgan fingerprint density at radius 3 is 2.79 bits per heavy atom. The number of hydrogen-bond acceptors (Lipinski definition) is 3. The van der Waals surface area contributed by atoms with Gasteiger partial charge in [0.2, 0.25) is 0 Å². The van der Waals surface area contributed by atoms with Crippen molar-refractivity contribution in [1.82, 2.24) is 5.32 Å². The molecule has 0 unspecified atom stereocenters. The molecule has 19 heavy (non-hydrogen) atoms. The van der Waals surface area contributed by atoms with Crippen LogP contribution in [-0.2, 0) is 12.0 Å². The highest BCUT2D eigenvalue weighted by molar-refractivity contribution is 7.10. The Hall–Kier alpha value is -1.39. The van der Waals surface area contributed by atoms with Crippen molar-refractivity contribution in [3.8, 4) is 5.75 Å². The van der Waals surface area contributed by atoms with Crippen LogP contribution < -0.4 is 5.32 Å². The van der Waals surface area contributed by atoms with Gasteiger partial charge in [-0.05, 0) is 29.6 Å².